The van der Waals surface area contributed by atoms with Crippen LogP contribution in [0.3, 0.4) is 0 Å². The van der Waals surface area contributed by atoms with Crippen LogP contribution >= 0.6 is 11.8 Å². The van der Waals surface area contributed by atoms with Crippen LogP contribution in [0.5, 0.6) is 11.5 Å². The number of carbonyl (C=O) groups excluding carboxylic acids is 1. The third-order valence-corrected chi connectivity index (χ3v) is 4.15. The van der Waals surface area contributed by atoms with Gasteiger partial charge in [-0.2, -0.15) is 8.78 Å². The third-order valence-electron chi connectivity index (χ3n) is 3.22. The molecule has 0 aliphatic heterocycles. The molecule has 0 saturated heterocycles. The maximum Gasteiger partial charge on any atom is 0.387 e. The van der Waals surface area contributed by atoms with E-state index >= 15 is 0 Å². The Morgan fingerprint density at radius 2 is 2.12 bits per heavy atom. The number of benzene rings is 1. The topological polar surface area (TPSA) is 91.2 Å². The highest BCUT2D eigenvalue weighted by Gasteiger charge is 2.13. The summed E-state index contributed by atoms with van der Waals surface area (Å²) in [7, 11) is 1.35. The van der Waals surface area contributed by atoms with E-state index in [1.54, 1.807) is 10.7 Å². The van der Waals surface area contributed by atoms with Crippen LogP contribution in [0.2, 0.25) is 0 Å². The lowest BCUT2D eigenvalue weighted by molar-refractivity contribution is -0.118. The van der Waals surface area contributed by atoms with Crippen molar-refractivity contribution >= 4 is 17.7 Å². The summed E-state index contributed by atoms with van der Waals surface area (Å²) >= 11 is 1.23. The van der Waals surface area contributed by atoms with Crippen LogP contribution in [0.15, 0.2) is 23.4 Å². The Balaban J connectivity index is 1.88. The highest BCUT2D eigenvalue weighted by molar-refractivity contribution is 7.99. The van der Waals surface area contributed by atoms with Crippen molar-refractivity contribution in [2.45, 2.75) is 38.2 Å². The lowest BCUT2D eigenvalue weighted by Crippen LogP contribution is -2.24. The molecule has 1 aromatic carbocycles. The molecule has 0 atom stereocenters. The Morgan fingerprint density at radius 3 is 2.77 bits per heavy atom. The standard InChI is InChI=1S/C15H19F2N5O3S/c1-9(2)22-15(19-20-21-22)26-8-13(23)18-7-10-4-5-11(25-14(16)17)12(6-10)24-3/h4-6,9,14H,7-8H2,1-3H3,(H,18,23). The molecule has 0 aliphatic rings. The fourth-order valence-corrected chi connectivity index (χ4v) is 2.84. The molecule has 0 radical (unpaired) electrons. The number of thioether (sulfide) groups is 1. The number of ether oxygens (including phenoxy) is 2. The number of hydrogen-bond acceptors (Lipinski definition) is 7. The molecule has 26 heavy (non-hydrogen) atoms. The van der Waals surface area contributed by atoms with Crippen LogP contribution in [0.25, 0.3) is 0 Å². The quantitative estimate of drug-likeness (QED) is 0.660. The molecule has 8 nitrogen and oxygen atoms in total. The van der Waals surface area contributed by atoms with Gasteiger partial charge in [0, 0.05) is 6.54 Å². The molecule has 0 bridgehead atoms. The highest BCUT2D eigenvalue weighted by Crippen LogP contribution is 2.29. The van der Waals surface area contributed by atoms with Gasteiger partial charge in [-0.3, -0.25) is 4.79 Å². The third kappa shape index (κ3) is 5.55. The molecule has 1 aromatic heterocycles. The van der Waals surface area contributed by atoms with Gasteiger partial charge in [0.25, 0.3) is 0 Å². The Labute approximate surface area is 153 Å². The van der Waals surface area contributed by atoms with Gasteiger partial charge in [0.2, 0.25) is 11.1 Å². The number of tetrazole rings is 1. The highest BCUT2D eigenvalue weighted by atomic mass is 32.2. The van der Waals surface area contributed by atoms with Crippen molar-refractivity contribution in [3.8, 4) is 11.5 Å². The molecule has 11 heteroatoms. The Hall–Kier alpha value is -2.43. The van der Waals surface area contributed by atoms with Crippen molar-refractivity contribution in [3.05, 3.63) is 23.8 Å². The van der Waals surface area contributed by atoms with Crippen LogP contribution in [0.4, 0.5) is 8.78 Å². The molecular formula is C15H19F2N5O3S. The van der Waals surface area contributed by atoms with Gasteiger partial charge >= 0.3 is 6.61 Å². The molecule has 0 saturated carbocycles. The van der Waals surface area contributed by atoms with E-state index in [2.05, 4.69) is 25.6 Å². The number of rotatable bonds is 9. The molecule has 0 aliphatic carbocycles. The van der Waals surface area contributed by atoms with E-state index in [4.69, 9.17) is 4.74 Å². The number of methoxy groups -OCH3 is 1. The predicted molar refractivity (Wildman–Crippen MR) is 90.4 cm³/mol. The first-order valence-corrected chi connectivity index (χ1v) is 8.68. The van der Waals surface area contributed by atoms with Crippen molar-refractivity contribution in [3.63, 3.8) is 0 Å². The molecule has 1 heterocycles. The van der Waals surface area contributed by atoms with E-state index in [0.717, 1.165) is 0 Å². The summed E-state index contributed by atoms with van der Waals surface area (Å²) in [6.45, 7) is 1.17. The number of halogens is 2. The van der Waals surface area contributed by atoms with Gasteiger partial charge < -0.3 is 14.8 Å². The van der Waals surface area contributed by atoms with Gasteiger partial charge in [0.05, 0.1) is 18.9 Å². The Kier molecular flexibility index (Phi) is 7.13. The monoisotopic (exact) mass is 387 g/mol. The summed E-state index contributed by atoms with van der Waals surface area (Å²) in [5, 5.41) is 14.6. The molecule has 1 N–H and O–H groups in total. The second-order valence-corrected chi connectivity index (χ2v) is 6.37. The zero-order chi connectivity index (χ0) is 19.1. The lowest BCUT2D eigenvalue weighted by atomic mass is 10.2. The molecule has 2 rings (SSSR count). The van der Waals surface area contributed by atoms with Gasteiger partial charge in [-0.25, -0.2) is 4.68 Å². The van der Waals surface area contributed by atoms with Gasteiger partial charge in [0.15, 0.2) is 11.5 Å². The van der Waals surface area contributed by atoms with E-state index in [1.165, 1.54) is 31.0 Å². The molecule has 0 fully saturated rings. The molecule has 142 valence electrons. The van der Waals surface area contributed by atoms with Gasteiger partial charge in [0.1, 0.15) is 0 Å². The number of aromatic nitrogens is 4. The first kappa shape index (κ1) is 19.9. The summed E-state index contributed by atoms with van der Waals surface area (Å²) in [4.78, 5) is 12.0. The smallest absolute Gasteiger partial charge is 0.387 e. The fourth-order valence-electron chi connectivity index (χ4n) is 2.00. The summed E-state index contributed by atoms with van der Waals surface area (Å²) < 4.78 is 35.6. The van der Waals surface area contributed by atoms with Crippen LogP contribution in [0.1, 0.15) is 25.5 Å². The minimum Gasteiger partial charge on any atom is -0.493 e. The number of nitrogens with zero attached hydrogens (tertiary/aromatic N) is 4. The molecule has 0 spiro atoms. The fraction of sp³-hybridized carbons (Fsp3) is 0.467. The first-order valence-electron chi connectivity index (χ1n) is 7.69. The maximum atomic E-state index is 12.3. The normalized spacial score (nSPS) is 11.0. The Morgan fingerprint density at radius 1 is 1.35 bits per heavy atom. The van der Waals surface area contributed by atoms with Gasteiger partial charge in [-0.05, 0) is 42.0 Å². The first-order chi connectivity index (χ1) is 12.4. The SMILES string of the molecule is COc1cc(CNC(=O)CSc2nnnn2C(C)C)ccc1OC(F)F. The summed E-state index contributed by atoms with van der Waals surface area (Å²) in [5.74, 6) is 0.0490. The van der Waals surface area contributed by atoms with E-state index in [1.807, 2.05) is 13.8 Å². The number of carbonyl (C=O) groups is 1. The van der Waals surface area contributed by atoms with Crippen molar-refractivity contribution in [2.75, 3.05) is 12.9 Å². The lowest BCUT2D eigenvalue weighted by Gasteiger charge is -2.12. The molecular weight excluding hydrogens is 368 g/mol. The minimum atomic E-state index is -2.94. The second-order valence-electron chi connectivity index (χ2n) is 5.43. The average Bonchev–Trinajstić information content (AvgIpc) is 3.07. The van der Waals surface area contributed by atoms with Crippen molar-refractivity contribution in [1.82, 2.24) is 25.5 Å². The number of amides is 1. The predicted octanol–water partition coefficient (Wildman–Crippen LogP) is 2.27. The van der Waals surface area contributed by atoms with Crippen molar-refractivity contribution in [2.24, 2.45) is 0 Å². The summed E-state index contributed by atoms with van der Waals surface area (Å²) in [6.07, 6.45) is 0. The zero-order valence-corrected chi connectivity index (χ0v) is 15.3. The molecule has 1 amide bonds. The average molecular weight is 387 g/mol. The van der Waals surface area contributed by atoms with Gasteiger partial charge in [-0.15, -0.1) is 5.10 Å². The molecule has 0 unspecified atom stereocenters. The van der Waals surface area contributed by atoms with E-state index in [0.29, 0.717) is 10.7 Å². The van der Waals surface area contributed by atoms with Crippen molar-refractivity contribution in [1.29, 1.82) is 0 Å². The van der Waals surface area contributed by atoms with Crippen LogP contribution in [-0.4, -0.2) is 45.6 Å². The summed E-state index contributed by atoms with van der Waals surface area (Å²) in [6, 6.07) is 4.58. The second kappa shape index (κ2) is 9.32. The van der Waals surface area contributed by atoms with Crippen LogP contribution in [-0.2, 0) is 11.3 Å². The Bertz CT molecular complexity index is 742. The molecule has 2 aromatic rings. The van der Waals surface area contributed by atoms with Crippen LogP contribution < -0.4 is 14.8 Å². The number of alkyl halides is 2. The largest absolute Gasteiger partial charge is 0.493 e. The van der Waals surface area contributed by atoms with E-state index in [9.17, 15) is 13.6 Å². The maximum absolute atomic E-state index is 12.3. The number of hydrogen-bond donors (Lipinski definition) is 1. The van der Waals surface area contributed by atoms with Crippen molar-refractivity contribution < 1.29 is 23.0 Å². The number of nitrogens with one attached hydrogen (secondary N) is 1. The van der Waals surface area contributed by atoms with Gasteiger partial charge in [-0.1, -0.05) is 17.8 Å². The minimum absolute atomic E-state index is 0.0614. The van der Waals surface area contributed by atoms with E-state index < -0.39 is 6.61 Å². The van der Waals surface area contributed by atoms with E-state index in [-0.39, 0.29) is 35.7 Å². The summed E-state index contributed by atoms with van der Waals surface area (Å²) in [5.41, 5.74) is 0.689. The van der Waals surface area contributed by atoms with Crippen LogP contribution in [0, 0.1) is 0 Å². The zero-order valence-electron chi connectivity index (χ0n) is 14.5.